The second-order valence-corrected chi connectivity index (χ2v) is 12.8. The largest absolute Gasteiger partial charge is 0.496 e. The molecule has 0 radical (unpaired) electrons. The van der Waals surface area contributed by atoms with Gasteiger partial charge in [-0.05, 0) is 67.4 Å². The molecular formula is C37H34BrN3O4S. The molecule has 0 fully saturated rings. The van der Waals surface area contributed by atoms with E-state index in [-0.39, 0.29) is 11.5 Å². The second-order valence-electron chi connectivity index (χ2n) is 10.9. The standard InChI is InChI=1S/C37H34BrN3O4S/c1-5-40(6-2)36(43)32-23(3)39-37-41(34(32)33-28-15-11-10-14-25(28)16-18-30(33)44-4)35(42)31(46-37)21-26-20-27(38)17-19-29(26)45-22-24-12-8-7-9-13-24/h7-21,34H,5-6,22H2,1-4H3/b31-21+/t34-/m1/s1. The number of hydrogen-bond donors (Lipinski definition) is 0. The molecule has 0 bridgehead atoms. The SMILES string of the molecule is CCN(CC)C(=O)C1=C(C)N=c2s/c(=C/c3cc(Br)ccc3OCc3ccccc3)c(=O)n2[C@H]1c1c(OC)ccc2ccccc12. The summed E-state index contributed by atoms with van der Waals surface area (Å²) in [5.74, 6) is 1.10. The number of hydrogen-bond acceptors (Lipinski definition) is 6. The van der Waals surface area contributed by atoms with Crippen LogP contribution in [0.5, 0.6) is 11.5 Å². The lowest BCUT2D eigenvalue weighted by atomic mass is 9.90. The third-order valence-corrected chi connectivity index (χ3v) is 9.70. The van der Waals surface area contributed by atoms with Gasteiger partial charge >= 0.3 is 0 Å². The van der Waals surface area contributed by atoms with Crippen LogP contribution in [0.2, 0.25) is 0 Å². The van der Waals surface area contributed by atoms with E-state index < -0.39 is 6.04 Å². The van der Waals surface area contributed by atoms with Crippen LogP contribution in [0.25, 0.3) is 16.8 Å². The summed E-state index contributed by atoms with van der Waals surface area (Å²) >= 11 is 4.88. The van der Waals surface area contributed by atoms with E-state index in [1.807, 2.05) is 112 Å². The van der Waals surface area contributed by atoms with E-state index in [4.69, 9.17) is 14.5 Å². The van der Waals surface area contributed by atoms with E-state index in [0.717, 1.165) is 31.9 Å². The molecule has 0 saturated heterocycles. The molecule has 1 atom stereocenters. The van der Waals surface area contributed by atoms with E-state index in [0.29, 0.717) is 51.8 Å². The summed E-state index contributed by atoms with van der Waals surface area (Å²) in [5.41, 5.74) is 3.36. The minimum atomic E-state index is -0.746. The number of carbonyl (C=O) groups excluding carboxylic acids is 1. The Morgan fingerprint density at radius 3 is 2.46 bits per heavy atom. The minimum Gasteiger partial charge on any atom is -0.496 e. The van der Waals surface area contributed by atoms with Crippen molar-refractivity contribution < 1.29 is 14.3 Å². The average Bonchev–Trinajstić information content (AvgIpc) is 3.37. The summed E-state index contributed by atoms with van der Waals surface area (Å²) in [6.45, 7) is 7.21. The first-order chi connectivity index (χ1) is 22.3. The predicted molar refractivity (Wildman–Crippen MR) is 187 cm³/mol. The number of amides is 1. The Kier molecular flexibility index (Phi) is 9.24. The highest BCUT2D eigenvalue weighted by Crippen LogP contribution is 2.40. The molecule has 0 saturated carbocycles. The third kappa shape index (κ3) is 5.92. The van der Waals surface area contributed by atoms with Gasteiger partial charge in [0.2, 0.25) is 0 Å². The molecule has 6 rings (SSSR count). The molecule has 1 aliphatic rings. The first-order valence-corrected chi connectivity index (χ1v) is 16.8. The van der Waals surface area contributed by atoms with Gasteiger partial charge < -0.3 is 14.4 Å². The van der Waals surface area contributed by atoms with Gasteiger partial charge in [0.05, 0.1) is 22.9 Å². The minimum absolute atomic E-state index is 0.149. The Bertz CT molecular complexity index is 2150. The van der Waals surface area contributed by atoms with Gasteiger partial charge in [-0.1, -0.05) is 87.9 Å². The van der Waals surface area contributed by atoms with Crippen LogP contribution in [0.3, 0.4) is 0 Å². The quantitative estimate of drug-likeness (QED) is 0.174. The van der Waals surface area contributed by atoms with Crippen LogP contribution in [0.15, 0.2) is 110 Å². The van der Waals surface area contributed by atoms with Crippen molar-refractivity contribution in [1.29, 1.82) is 0 Å². The van der Waals surface area contributed by atoms with Crippen molar-refractivity contribution in [2.24, 2.45) is 4.99 Å². The molecule has 9 heteroatoms. The summed E-state index contributed by atoms with van der Waals surface area (Å²) in [7, 11) is 1.62. The number of allylic oxidation sites excluding steroid dienone is 1. The molecule has 1 amide bonds. The van der Waals surface area contributed by atoms with Crippen LogP contribution in [0.4, 0.5) is 0 Å². The van der Waals surface area contributed by atoms with Crippen LogP contribution in [-0.4, -0.2) is 35.6 Å². The van der Waals surface area contributed by atoms with Gasteiger partial charge in [0.1, 0.15) is 24.1 Å². The lowest BCUT2D eigenvalue weighted by molar-refractivity contribution is -0.127. The highest BCUT2D eigenvalue weighted by atomic mass is 79.9. The Labute approximate surface area is 279 Å². The van der Waals surface area contributed by atoms with Crippen molar-refractivity contribution in [1.82, 2.24) is 9.47 Å². The summed E-state index contributed by atoms with van der Waals surface area (Å²) in [5, 5.41) is 1.89. The predicted octanol–water partition coefficient (Wildman–Crippen LogP) is 6.61. The van der Waals surface area contributed by atoms with Gasteiger partial charge in [0.25, 0.3) is 11.5 Å². The number of methoxy groups -OCH3 is 1. The van der Waals surface area contributed by atoms with Gasteiger partial charge in [-0.15, -0.1) is 0 Å². The lowest BCUT2D eigenvalue weighted by Crippen LogP contribution is -2.43. The summed E-state index contributed by atoms with van der Waals surface area (Å²) in [6.07, 6.45) is 1.84. The first-order valence-electron chi connectivity index (χ1n) is 15.2. The van der Waals surface area contributed by atoms with Gasteiger partial charge in [-0.25, -0.2) is 4.99 Å². The van der Waals surface area contributed by atoms with E-state index in [2.05, 4.69) is 15.9 Å². The number of likely N-dealkylation sites (N-methyl/N-ethyl adjacent to an activating group) is 1. The van der Waals surface area contributed by atoms with Crippen LogP contribution < -0.4 is 24.4 Å². The Balaban J connectivity index is 1.57. The van der Waals surface area contributed by atoms with Crippen molar-refractivity contribution >= 4 is 50.0 Å². The van der Waals surface area contributed by atoms with Crippen molar-refractivity contribution in [2.45, 2.75) is 33.4 Å². The number of aromatic nitrogens is 1. The Morgan fingerprint density at radius 2 is 1.72 bits per heavy atom. The maximum Gasteiger partial charge on any atom is 0.271 e. The number of carbonyl (C=O) groups is 1. The number of fused-ring (bicyclic) bond motifs is 2. The number of halogens is 1. The highest BCUT2D eigenvalue weighted by molar-refractivity contribution is 9.10. The molecule has 0 spiro atoms. The molecule has 0 unspecified atom stereocenters. The molecule has 5 aromatic rings. The van der Waals surface area contributed by atoms with Gasteiger partial charge in [-0.3, -0.25) is 14.2 Å². The molecule has 4 aromatic carbocycles. The molecule has 46 heavy (non-hydrogen) atoms. The average molecular weight is 697 g/mol. The maximum absolute atomic E-state index is 14.5. The fraction of sp³-hybridized carbons (Fsp3) is 0.216. The number of thiazole rings is 1. The van der Waals surface area contributed by atoms with Crippen LogP contribution in [0, 0.1) is 0 Å². The normalized spacial score (nSPS) is 14.6. The van der Waals surface area contributed by atoms with E-state index >= 15 is 0 Å². The first kappa shape index (κ1) is 31.5. The summed E-state index contributed by atoms with van der Waals surface area (Å²) in [6, 6.07) is 26.8. The fourth-order valence-electron chi connectivity index (χ4n) is 5.93. The lowest BCUT2D eigenvalue weighted by Gasteiger charge is -2.30. The van der Waals surface area contributed by atoms with Gasteiger partial charge in [0, 0.05) is 28.7 Å². The fourth-order valence-corrected chi connectivity index (χ4v) is 7.34. The van der Waals surface area contributed by atoms with E-state index in [1.54, 1.807) is 16.6 Å². The number of ether oxygens (including phenoxy) is 2. The van der Waals surface area contributed by atoms with Crippen molar-refractivity contribution in [2.75, 3.05) is 20.2 Å². The zero-order valence-corrected chi connectivity index (χ0v) is 28.5. The second kappa shape index (κ2) is 13.5. The smallest absolute Gasteiger partial charge is 0.271 e. The summed E-state index contributed by atoms with van der Waals surface area (Å²) < 4.78 is 15.1. The van der Waals surface area contributed by atoms with E-state index in [1.165, 1.54) is 11.3 Å². The van der Waals surface area contributed by atoms with Crippen molar-refractivity contribution in [3.05, 3.63) is 137 Å². The highest BCUT2D eigenvalue weighted by Gasteiger charge is 2.36. The molecule has 1 aliphatic heterocycles. The molecule has 7 nitrogen and oxygen atoms in total. The number of benzene rings is 4. The third-order valence-electron chi connectivity index (χ3n) is 8.22. The molecule has 1 aromatic heterocycles. The zero-order chi connectivity index (χ0) is 32.4. The Morgan fingerprint density at radius 1 is 1.00 bits per heavy atom. The molecule has 234 valence electrons. The van der Waals surface area contributed by atoms with Gasteiger partial charge in [0.15, 0.2) is 4.80 Å². The zero-order valence-electron chi connectivity index (χ0n) is 26.1. The van der Waals surface area contributed by atoms with Crippen LogP contribution in [0.1, 0.15) is 43.5 Å². The molecule has 2 heterocycles. The topological polar surface area (TPSA) is 73.1 Å². The maximum atomic E-state index is 14.5. The van der Waals surface area contributed by atoms with Gasteiger partial charge in [-0.2, -0.15) is 0 Å². The summed E-state index contributed by atoms with van der Waals surface area (Å²) in [4.78, 5) is 35.9. The van der Waals surface area contributed by atoms with Crippen LogP contribution >= 0.6 is 27.3 Å². The van der Waals surface area contributed by atoms with E-state index in [9.17, 15) is 9.59 Å². The van der Waals surface area contributed by atoms with Crippen molar-refractivity contribution in [3.63, 3.8) is 0 Å². The molecule has 0 N–H and O–H groups in total. The Hall–Kier alpha value is -4.47. The van der Waals surface area contributed by atoms with Crippen LogP contribution in [-0.2, 0) is 11.4 Å². The number of rotatable bonds is 9. The number of nitrogens with zero attached hydrogens (tertiary/aromatic N) is 3. The van der Waals surface area contributed by atoms with Crippen molar-refractivity contribution in [3.8, 4) is 11.5 Å². The molecule has 0 aliphatic carbocycles. The monoisotopic (exact) mass is 695 g/mol. The molecular weight excluding hydrogens is 662 g/mol.